The van der Waals surface area contributed by atoms with Crippen molar-refractivity contribution in [3.8, 4) is 28.5 Å². The Morgan fingerprint density at radius 3 is 2.39 bits per heavy atom. The summed E-state index contributed by atoms with van der Waals surface area (Å²) in [5.74, 6) is 0.833. The molecule has 1 heterocycles. The molecule has 1 aromatic heterocycles. The largest absolute Gasteiger partial charge is 0.493 e. The molecule has 0 saturated heterocycles. The van der Waals surface area contributed by atoms with E-state index in [-0.39, 0.29) is 5.91 Å². The zero-order chi connectivity index (χ0) is 20.3. The molecule has 0 spiro atoms. The van der Waals surface area contributed by atoms with Crippen molar-refractivity contribution in [2.45, 2.75) is 13.8 Å². The number of aromatic nitrogens is 1. The van der Waals surface area contributed by atoms with Gasteiger partial charge in [0.2, 0.25) is 5.75 Å². The number of carbonyl (C=O) groups is 1. The van der Waals surface area contributed by atoms with Crippen LogP contribution in [0.25, 0.3) is 11.3 Å². The predicted octanol–water partition coefficient (Wildman–Crippen LogP) is 4.71. The van der Waals surface area contributed by atoms with Gasteiger partial charge in [0.25, 0.3) is 5.91 Å². The summed E-state index contributed by atoms with van der Waals surface area (Å²) in [4.78, 5) is 17.4. The third-order valence-corrected chi connectivity index (χ3v) is 5.09. The van der Waals surface area contributed by atoms with Crippen LogP contribution in [0.5, 0.6) is 17.2 Å². The van der Waals surface area contributed by atoms with Crippen LogP contribution in [-0.4, -0.2) is 32.2 Å². The molecule has 0 saturated carbocycles. The fourth-order valence-electron chi connectivity index (χ4n) is 3.00. The molecule has 0 aliphatic carbocycles. The maximum absolute atomic E-state index is 12.8. The fraction of sp³-hybridized carbons (Fsp3) is 0.238. The van der Waals surface area contributed by atoms with Crippen LogP contribution in [0.1, 0.15) is 21.5 Å². The van der Waals surface area contributed by atoms with E-state index in [0.717, 1.165) is 16.8 Å². The van der Waals surface area contributed by atoms with E-state index in [9.17, 15) is 4.79 Å². The van der Waals surface area contributed by atoms with E-state index >= 15 is 0 Å². The number of methoxy groups -OCH3 is 3. The highest BCUT2D eigenvalue weighted by atomic mass is 32.1. The molecule has 0 aliphatic rings. The molecule has 0 fully saturated rings. The summed E-state index contributed by atoms with van der Waals surface area (Å²) in [7, 11) is 4.51. The smallest absolute Gasteiger partial charge is 0.261 e. The van der Waals surface area contributed by atoms with E-state index in [1.807, 2.05) is 11.4 Å². The minimum Gasteiger partial charge on any atom is -0.493 e. The molecule has 3 rings (SSSR count). The van der Waals surface area contributed by atoms with Gasteiger partial charge in [-0.3, -0.25) is 10.1 Å². The molecular formula is C21H22N2O4S. The Bertz CT molecular complexity index is 1010. The number of nitrogens with one attached hydrogen (secondary N) is 1. The van der Waals surface area contributed by atoms with Crippen LogP contribution in [-0.2, 0) is 0 Å². The summed E-state index contributed by atoms with van der Waals surface area (Å²) < 4.78 is 16.0. The molecule has 6 nitrogen and oxygen atoms in total. The first-order valence-electron chi connectivity index (χ1n) is 8.62. The lowest BCUT2D eigenvalue weighted by Gasteiger charge is -2.15. The van der Waals surface area contributed by atoms with Crippen LogP contribution < -0.4 is 19.5 Å². The number of amides is 1. The maximum Gasteiger partial charge on any atom is 0.261 e. The quantitative estimate of drug-likeness (QED) is 0.651. The SMILES string of the molecule is COc1ccc(C(=O)Nc2nc(-c3ccc(C)cc3C)cs2)c(OC)c1OC. The highest BCUT2D eigenvalue weighted by Crippen LogP contribution is 2.40. The van der Waals surface area contributed by atoms with E-state index < -0.39 is 0 Å². The van der Waals surface area contributed by atoms with Crippen molar-refractivity contribution in [2.24, 2.45) is 0 Å². The molecule has 28 heavy (non-hydrogen) atoms. The Kier molecular flexibility index (Phi) is 5.84. The van der Waals surface area contributed by atoms with Gasteiger partial charge >= 0.3 is 0 Å². The van der Waals surface area contributed by atoms with Gasteiger partial charge in [-0.1, -0.05) is 23.8 Å². The molecule has 7 heteroatoms. The number of carbonyl (C=O) groups excluding carboxylic acids is 1. The van der Waals surface area contributed by atoms with Crippen LogP contribution >= 0.6 is 11.3 Å². The Labute approximate surface area is 168 Å². The van der Waals surface area contributed by atoms with Crippen LogP contribution in [0.4, 0.5) is 5.13 Å². The van der Waals surface area contributed by atoms with Gasteiger partial charge in [-0.2, -0.15) is 0 Å². The molecule has 1 N–H and O–H groups in total. The number of rotatable bonds is 6. The van der Waals surface area contributed by atoms with Gasteiger partial charge in [0, 0.05) is 10.9 Å². The van der Waals surface area contributed by atoms with Gasteiger partial charge in [-0.15, -0.1) is 11.3 Å². The first-order chi connectivity index (χ1) is 13.5. The highest BCUT2D eigenvalue weighted by molar-refractivity contribution is 7.14. The number of benzene rings is 2. The third-order valence-electron chi connectivity index (χ3n) is 4.33. The minimum atomic E-state index is -0.334. The maximum atomic E-state index is 12.8. The number of aryl methyl sites for hydroxylation is 2. The number of thiazole rings is 1. The van der Waals surface area contributed by atoms with E-state index in [1.165, 1.54) is 38.2 Å². The Hall–Kier alpha value is -3.06. The number of hydrogen-bond acceptors (Lipinski definition) is 6. The van der Waals surface area contributed by atoms with Gasteiger partial charge < -0.3 is 14.2 Å². The van der Waals surface area contributed by atoms with Crippen molar-refractivity contribution in [3.05, 3.63) is 52.4 Å². The van der Waals surface area contributed by atoms with Crippen molar-refractivity contribution in [2.75, 3.05) is 26.6 Å². The average molecular weight is 398 g/mol. The topological polar surface area (TPSA) is 69.7 Å². The summed E-state index contributed by atoms with van der Waals surface area (Å²) in [5, 5.41) is 5.28. The van der Waals surface area contributed by atoms with Crippen molar-refractivity contribution in [1.82, 2.24) is 4.98 Å². The average Bonchev–Trinajstić information content (AvgIpc) is 3.14. The number of ether oxygens (including phenoxy) is 3. The lowest BCUT2D eigenvalue weighted by Crippen LogP contribution is -2.13. The van der Waals surface area contributed by atoms with Crippen molar-refractivity contribution in [3.63, 3.8) is 0 Å². The second kappa shape index (κ2) is 8.31. The molecule has 0 radical (unpaired) electrons. The van der Waals surface area contributed by atoms with Gasteiger partial charge in [0.05, 0.1) is 32.6 Å². The lowest BCUT2D eigenvalue weighted by molar-refractivity contribution is 0.102. The van der Waals surface area contributed by atoms with Crippen LogP contribution in [0.15, 0.2) is 35.7 Å². The van der Waals surface area contributed by atoms with Gasteiger partial charge in [0.1, 0.15) is 0 Å². The summed E-state index contributed by atoms with van der Waals surface area (Å²) in [6, 6.07) is 9.51. The van der Waals surface area contributed by atoms with E-state index in [0.29, 0.717) is 27.9 Å². The molecule has 0 aliphatic heterocycles. The third kappa shape index (κ3) is 3.80. The first-order valence-corrected chi connectivity index (χ1v) is 9.50. The molecule has 146 valence electrons. The number of hydrogen-bond donors (Lipinski definition) is 1. The van der Waals surface area contributed by atoms with E-state index in [4.69, 9.17) is 14.2 Å². The molecular weight excluding hydrogens is 376 g/mol. The first kappa shape index (κ1) is 19.7. The normalized spacial score (nSPS) is 10.5. The number of nitrogens with zero attached hydrogens (tertiary/aromatic N) is 1. The van der Waals surface area contributed by atoms with Gasteiger partial charge in [-0.05, 0) is 31.5 Å². The van der Waals surface area contributed by atoms with Crippen molar-refractivity contribution in [1.29, 1.82) is 0 Å². The molecule has 0 unspecified atom stereocenters. The van der Waals surface area contributed by atoms with Crippen LogP contribution in [0.2, 0.25) is 0 Å². The molecule has 3 aromatic rings. The van der Waals surface area contributed by atoms with Gasteiger partial charge in [-0.25, -0.2) is 4.98 Å². The van der Waals surface area contributed by atoms with E-state index in [1.54, 1.807) is 12.1 Å². The Morgan fingerprint density at radius 1 is 1.00 bits per heavy atom. The minimum absolute atomic E-state index is 0.311. The van der Waals surface area contributed by atoms with Gasteiger partial charge in [0.15, 0.2) is 16.6 Å². The molecule has 0 atom stereocenters. The van der Waals surface area contributed by atoms with Crippen molar-refractivity contribution >= 4 is 22.4 Å². The molecule has 1 amide bonds. The monoisotopic (exact) mass is 398 g/mol. The zero-order valence-electron chi connectivity index (χ0n) is 16.5. The Morgan fingerprint density at radius 2 is 1.75 bits per heavy atom. The highest BCUT2D eigenvalue weighted by Gasteiger charge is 2.21. The molecule has 0 bridgehead atoms. The fourth-order valence-corrected chi connectivity index (χ4v) is 3.71. The second-order valence-electron chi connectivity index (χ2n) is 6.19. The van der Waals surface area contributed by atoms with Crippen molar-refractivity contribution < 1.29 is 19.0 Å². The van der Waals surface area contributed by atoms with Crippen LogP contribution in [0.3, 0.4) is 0 Å². The predicted molar refractivity (Wildman–Crippen MR) is 111 cm³/mol. The zero-order valence-corrected chi connectivity index (χ0v) is 17.3. The number of anilines is 1. The van der Waals surface area contributed by atoms with E-state index in [2.05, 4.69) is 36.3 Å². The summed E-state index contributed by atoms with van der Waals surface area (Å²) in [5.41, 5.74) is 4.56. The summed E-state index contributed by atoms with van der Waals surface area (Å²) in [6.07, 6.45) is 0. The summed E-state index contributed by atoms with van der Waals surface area (Å²) in [6.45, 7) is 4.11. The van der Waals surface area contributed by atoms with Crippen LogP contribution in [0, 0.1) is 13.8 Å². The standard InChI is InChI=1S/C21H22N2O4S/c1-12-6-7-14(13(2)10-12)16-11-28-21(22-16)23-20(24)15-8-9-17(25-3)19(27-5)18(15)26-4/h6-11H,1-5H3,(H,22,23,24). The summed E-state index contributed by atoms with van der Waals surface area (Å²) >= 11 is 1.37. The lowest BCUT2D eigenvalue weighted by atomic mass is 10.0. The second-order valence-corrected chi connectivity index (χ2v) is 7.05. The Balaban J connectivity index is 1.87. The molecule has 2 aromatic carbocycles.